The van der Waals surface area contributed by atoms with Gasteiger partial charge in [0.2, 0.25) is 0 Å². The predicted octanol–water partition coefficient (Wildman–Crippen LogP) is 2.49. The number of hydrogen-bond acceptors (Lipinski definition) is 4. The normalized spacial score (nSPS) is 11.5. The molecule has 2 heterocycles. The zero-order chi connectivity index (χ0) is 17.6. The molecule has 0 bridgehead atoms. The van der Waals surface area contributed by atoms with Crippen LogP contribution in [0.5, 0.6) is 0 Å². The van der Waals surface area contributed by atoms with Gasteiger partial charge in [0.15, 0.2) is 5.82 Å². The molecule has 0 radical (unpaired) electrons. The van der Waals surface area contributed by atoms with Gasteiger partial charge in [0, 0.05) is 19.3 Å². The fourth-order valence-electron chi connectivity index (χ4n) is 2.88. The van der Waals surface area contributed by atoms with Gasteiger partial charge in [-0.2, -0.15) is 5.10 Å². The summed E-state index contributed by atoms with van der Waals surface area (Å²) in [5.74, 6) is 0.546. The lowest BCUT2D eigenvalue weighted by molar-refractivity contribution is 0.0906. The molecule has 6 heteroatoms. The molecule has 24 heavy (non-hydrogen) atoms. The van der Waals surface area contributed by atoms with Crippen molar-refractivity contribution in [2.45, 2.75) is 40.0 Å². The summed E-state index contributed by atoms with van der Waals surface area (Å²) in [6, 6.07) is 5.57. The molecule has 1 amide bonds. The van der Waals surface area contributed by atoms with Crippen LogP contribution in [0.4, 0.5) is 0 Å². The molecule has 0 aromatic carbocycles. The Labute approximate surface area is 142 Å². The van der Waals surface area contributed by atoms with E-state index in [4.69, 9.17) is 0 Å². The van der Waals surface area contributed by atoms with Crippen LogP contribution < -0.4 is 5.32 Å². The van der Waals surface area contributed by atoms with Gasteiger partial charge >= 0.3 is 0 Å². The number of carbonyl (C=O) groups excluding carboxylic acids is 1. The van der Waals surface area contributed by atoms with Crippen molar-refractivity contribution in [3.05, 3.63) is 41.9 Å². The van der Waals surface area contributed by atoms with Gasteiger partial charge in [-0.25, -0.2) is 9.67 Å². The standard InChI is InChI=1S/C18H26N4O2/c1-4-18(5-2,9-11-23)13-20-17(24)15-12-21-22(14(15)3)16-8-6-7-10-19-16/h6-8,10,12,23H,4-5,9,11,13H2,1-3H3,(H,20,24). The van der Waals surface area contributed by atoms with Crippen LogP contribution in [-0.4, -0.2) is 38.9 Å². The number of aromatic nitrogens is 3. The first-order valence-corrected chi connectivity index (χ1v) is 8.42. The third-order valence-electron chi connectivity index (χ3n) is 4.89. The molecule has 2 N–H and O–H groups in total. The van der Waals surface area contributed by atoms with Crippen molar-refractivity contribution in [3.63, 3.8) is 0 Å². The summed E-state index contributed by atoms with van der Waals surface area (Å²) < 4.78 is 1.66. The maximum Gasteiger partial charge on any atom is 0.254 e. The van der Waals surface area contributed by atoms with Crippen LogP contribution in [0.15, 0.2) is 30.6 Å². The van der Waals surface area contributed by atoms with E-state index in [1.807, 2.05) is 25.1 Å². The number of aliphatic hydroxyl groups is 1. The Balaban J connectivity index is 2.12. The van der Waals surface area contributed by atoms with E-state index in [1.54, 1.807) is 17.1 Å². The van der Waals surface area contributed by atoms with E-state index in [-0.39, 0.29) is 17.9 Å². The van der Waals surface area contributed by atoms with Crippen molar-refractivity contribution >= 4 is 5.91 Å². The number of aliphatic hydroxyl groups excluding tert-OH is 1. The van der Waals surface area contributed by atoms with Crippen LogP contribution in [0.25, 0.3) is 5.82 Å². The molecule has 0 aliphatic carbocycles. The fourth-order valence-corrected chi connectivity index (χ4v) is 2.88. The predicted molar refractivity (Wildman–Crippen MR) is 93.1 cm³/mol. The van der Waals surface area contributed by atoms with Crippen molar-refractivity contribution in [2.24, 2.45) is 5.41 Å². The number of rotatable bonds is 8. The molecule has 0 aliphatic heterocycles. The lowest BCUT2D eigenvalue weighted by atomic mass is 9.79. The molecule has 2 aromatic heterocycles. The van der Waals surface area contributed by atoms with Gasteiger partial charge in [0.25, 0.3) is 5.91 Å². The van der Waals surface area contributed by atoms with Crippen molar-refractivity contribution < 1.29 is 9.90 Å². The lowest BCUT2D eigenvalue weighted by Crippen LogP contribution is -2.37. The van der Waals surface area contributed by atoms with Crippen molar-refractivity contribution in [3.8, 4) is 5.82 Å². The molecule has 6 nitrogen and oxygen atoms in total. The Hall–Kier alpha value is -2.21. The summed E-state index contributed by atoms with van der Waals surface area (Å²) in [4.78, 5) is 16.8. The lowest BCUT2D eigenvalue weighted by Gasteiger charge is -2.31. The topological polar surface area (TPSA) is 80.0 Å². The maximum atomic E-state index is 12.5. The number of nitrogens with zero attached hydrogens (tertiary/aromatic N) is 3. The molecule has 0 atom stereocenters. The molecule has 2 rings (SSSR count). The van der Waals surface area contributed by atoms with Crippen LogP contribution in [-0.2, 0) is 0 Å². The van der Waals surface area contributed by atoms with Crippen LogP contribution in [0.1, 0.15) is 49.2 Å². The Morgan fingerprint density at radius 1 is 1.33 bits per heavy atom. The number of carbonyl (C=O) groups is 1. The maximum absolute atomic E-state index is 12.5. The Kier molecular flexibility index (Phi) is 6.09. The first-order valence-electron chi connectivity index (χ1n) is 8.42. The number of nitrogens with one attached hydrogen (secondary N) is 1. The van der Waals surface area contributed by atoms with Crippen LogP contribution in [0.3, 0.4) is 0 Å². The van der Waals surface area contributed by atoms with Gasteiger partial charge in [-0.05, 0) is 43.7 Å². The summed E-state index contributed by atoms with van der Waals surface area (Å²) in [6.45, 7) is 6.73. The second-order valence-electron chi connectivity index (χ2n) is 6.11. The molecule has 2 aromatic rings. The highest BCUT2D eigenvalue weighted by Gasteiger charge is 2.27. The average Bonchev–Trinajstić information content (AvgIpc) is 3.01. The monoisotopic (exact) mass is 330 g/mol. The fraction of sp³-hybridized carbons (Fsp3) is 0.500. The summed E-state index contributed by atoms with van der Waals surface area (Å²) >= 11 is 0. The molecule has 0 spiro atoms. The van der Waals surface area contributed by atoms with Crippen molar-refractivity contribution in [2.75, 3.05) is 13.2 Å². The van der Waals surface area contributed by atoms with Gasteiger partial charge < -0.3 is 10.4 Å². The molecular weight excluding hydrogens is 304 g/mol. The van der Waals surface area contributed by atoms with Gasteiger partial charge in [0.1, 0.15) is 0 Å². The number of pyridine rings is 1. The Morgan fingerprint density at radius 3 is 2.67 bits per heavy atom. The third-order valence-corrected chi connectivity index (χ3v) is 4.89. The van der Waals surface area contributed by atoms with E-state index in [0.717, 1.165) is 18.5 Å². The van der Waals surface area contributed by atoms with Gasteiger partial charge in [-0.15, -0.1) is 0 Å². The van der Waals surface area contributed by atoms with Crippen molar-refractivity contribution in [1.82, 2.24) is 20.1 Å². The molecule has 0 saturated carbocycles. The largest absolute Gasteiger partial charge is 0.396 e. The second kappa shape index (κ2) is 8.06. The van der Waals surface area contributed by atoms with E-state index < -0.39 is 0 Å². The Bertz CT molecular complexity index is 663. The van der Waals surface area contributed by atoms with E-state index >= 15 is 0 Å². The minimum absolute atomic E-state index is 0.0602. The highest BCUT2D eigenvalue weighted by atomic mass is 16.3. The van der Waals surface area contributed by atoms with Crippen LogP contribution >= 0.6 is 0 Å². The smallest absolute Gasteiger partial charge is 0.254 e. The molecule has 130 valence electrons. The van der Waals surface area contributed by atoms with Crippen molar-refractivity contribution in [1.29, 1.82) is 0 Å². The summed E-state index contributed by atoms with van der Waals surface area (Å²) in [5.41, 5.74) is 1.24. The Morgan fingerprint density at radius 2 is 2.08 bits per heavy atom. The summed E-state index contributed by atoms with van der Waals surface area (Å²) in [7, 11) is 0. The molecule has 0 fully saturated rings. The highest BCUT2D eigenvalue weighted by Crippen LogP contribution is 2.29. The van der Waals surface area contributed by atoms with E-state index in [1.165, 1.54) is 0 Å². The summed E-state index contributed by atoms with van der Waals surface area (Å²) in [5, 5.41) is 16.6. The SMILES string of the molecule is CCC(CC)(CCO)CNC(=O)c1cnn(-c2ccccn2)c1C. The highest BCUT2D eigenvalue weighted by molar-refractivity contribution is 5.95. The van der Waals surface area contributed by atoms with Gasteiger partial charge in [0.05, 0.1) is 17.5 Å². The minimum atomic E-state index is -0.140. The van der Waals surface area contributed by atoms with E-state index in [2.05, 4.69) is 29.2 Å². The van der Waals surface area contributed by atoms with Crippen LogP contribution in [0, 0.1) is 12.3 Å². The number of amides is 1. The van der Waals surface area contributed by atoms with Gasteiger partial charge in [-0.3, -0.25) is 4.79 Å². The zero-order valence-electron chi connectivity index (χ0n) is 14.6. The van der Waals surface area contributed by atoms with E-state index in [9.17, 15) is 9.90 Å². The third kappa shape index (κ3) is 3.82. The van der Waals surface area contributed by atoms with Crippen LogP contribution in [0.2, 0.25) is 0 Å². The quantitative estimate of drug-likeness (QED) is 0.779. The average molecular weight is 330 g/mol. The molecule has 0 aliphatic rings. The van der Waals surface area contributed by atoms with E-state index in [0.29, 0.717) is 24.3 Å². The second-order valence-corrected chi connectivity index (χ2v) is 6.11. The molecule has 0 unspecified atom stereocenters. The van der Waals surface area contributed by atoms with Gasteiger partial charge in [-0.1, -0.05) is 19.9 Å². The molecule has 0 saturated heterocycles. The minimum Gasteiger partial charge on any atom is -0.396 e. The first-order chi connectivity index (χ1) is 11.6. The number of hydrogen-bond donors (Lipinski definition) is 2. The molecular formula is C18H26N4O2. The summed E-state index contributed by atoms with van der Waals surface area (Å²) in [6.07, 6.45) is 5.78. The zero-order valence-corrected chi connectivity index (χ0v) is 14.6. The first kappa shape index (κ1) is 18.1.